The molecule has 38 heavy (non-hydrogen) atoms. The summed E-state index contributed by atoms with van der Waals surface area (Å²) in [5, 5.41) is 23.3. The van der Waals surface area contributed by atoms with Crippen LogP contribution in [0.15, 0.2) is 71.6 Å². The molecule has 5 nitrogen and oxygen atoms in total. The molecular weight excluding hydrogens is 492 g/mol. The minimum Gasteiger partial charge on any atom is -0.481 e. The van der Waals surface area contributed by atoms with E-state index in [1.165, 1.54) is 11.1 Å². The predicted molar refractivity (Wildman–Crippen MR) is 156 cm³/mol. The second-order valence-electron chi connectivity index (χ2n) is 11.3. The van der Waals surface area contributed by atoms with Crippen LogP contribution in [0.5, 0.6) is 0 Å². The molecule has 0 saturated heterocycles. The number of hydrogen-bond donors (Lipinski definition) is 3. The number of benzene rings is 3. The highest BCUT2D eigenvalue weighted by Crippen LogP contribution is 2.32. The Morgan fingerprint density at radius 1 is 1.08 bits per heavy atom. The third kappa shape index (κ3) is 7.93. The van der Waals surface area contributed by atoms with Crippen LogP contribution in [0.4, 0.5) is 0 Å². The van der Waals surface area contributed by atoms with Crippen molar-refractivity contribution >= 4 is 17.9 Å². The third-order valence-electron chi connectivity index (χ3n) is 7.30. The van der Waals surface area contributed by atoms with Crippen molar-refractivity contribution in [3.05, 3.63) is 89.0 Å². The Morgan fingerprint density at radius 2 is 1.74 bits per heavy atom. The molecule has 202 valence electrons. The second kappa shape index (κ2) is 12.5. The summed E-state index contributed by atoms with van der Waals surface area (Å²) in [6.07, 6.45) is 2.97. The van der Waals surface area contributed by atoms with E-state index in [0.717, 1.165) is 46.4 Å². The van der Waals surface area contributed by atoms with E-state index in [2.05, 4.69) is 72.9 Å². The monoisotopic (exact) mass is 532 g/mol. The van der Waals surface area contributed by atoms with Crippen molar-refractivity contribution < 1.29 is 15.0 Å². The number of nitrogens with one attached hydrogen (secondary N) is 1. The van der Waals surface area contributed by atoms with Crippen LogP contribution in [0.2, 0.25) is 0 Å². The van der Waals surface area contributed by atoms with Gasteiger partial charge in [-0.15, -0.1) is 0 Å². The van der Waals surface area contributed by atoms with Gasteiger partial charge in [-0.05, 0) is 110 Å². The smallest absolute Gasteiger partial charge is 0.307 e. The van der Waals surface area contributed by atoms with Gasteiger partial charge in [0.05, 0.1) is 12.5 Å². The number of carboxylic acid groups (broad SMARTS) is 1. The molecule has 1 atom stereocenters. The van der Waals surface area contributed by atoms with E-state index in [4.69, 9.17) is 5.11 Å². The fourth-order valence-corrected chi connectivity index (χ4v) is 6.52. The molecule has 3 N–H and O–H groups in total. The Bertz CT molecular complexity index is 1220. The number of aliphatic hydroxyl groups excluding tert-OH is 1. The molecular formula is C32H40N2O3S. The van der Waals surface area contributed by atoms with Gasteiger partial charge in [0, 0.05) is 23.5 Å². The molecule has 0 unspecified atom stereocenters. The summed E-state index contributed by atoms with van der Waals surface area (Å²) in [7, 11) is 2.01. The predicted octanol–water partition coefficient (Wildman–Crippen LogP) is 5.76. The number of aliphatic carboxylic acids is 1. The van der Waals surface area contributed by atoms with Crippen molar-refractivity contribution in [2.75, 3.05) is 20.1 Å². The van der Waals surface area contributed by atoms with E-state index in [9.17, 15) is 9.90 Å². The minimum atomic E-state index is -0.820. The number of likely N-dealkylation sites (N-methyl/N-ethyl adjacent to an activating group) is 1. The van der Waals surface area contributed by atoms with Crippen molar-refractivity contribution in [3.8, 4) is 11.1 Å². The lowest BCUT2D eigenvalue weighted by Gasteiger charge is -2.31. The number of aryl methyl sites for hydroxylation is 1. The third-order valence-corrected chi connectivity index (χ3v) is 8.22. The first-order chi connectivity index (χ1) is 18.1. The maximum atomic E-state index is 10.9. The highest BCUT2D eigenvalue weighted by atomic mass is 32.2. The quantitative estimate of drug-likeness (QED) is 0.258. The molecule has 3 aromatic carbocycles. The Kier molecular flexibility index (Phi) is 9.32. The van der Waals surface area contributed by atoms with Crippen LogP contribution in [0, 0.1) is 12.8 Å². The van der Waals surface area contributed by atoms with Crippen molar-refractivity contribution in [1.82, 2.24) is 9.62 Å². The van der Waals surface area contributed by atoms with E-state index in [1.54, 1.807) is 11.9 Å². The lowest BCUT2D eigenvalue weighted by Crippen LogP contribution is -2.46. The molecule has 0 fully saturated rings. The normalized spacial score (nSPS) is 14.6. The molecule has 6 heteroatoms. The largest absolute Gasteiger partial charge is 0.481 e. The summed E-state index contributed by atoms with van der Waals surface area (Å²) in [5.41, 5.74) is 7.12. The lowest BCUT2D eigenvalue weighted by atomic mass is 9.88. The Balaban J connectivity index is 1.24. The van der Waals surface area contributed by atoms with Gasteiger partial charge < -0.3 is 15.5 Å². The van der Waals surface area contributed by atoms with Gasteiger partial charge in [0.1, 0.15) is 0 Å². The zero-order valence-electron chi connectivity index (χ0n) is 22.9. The van der Waals surface area contributed by atoms with Gasteiger partial charge in [-0.1, -0.05) is 54.6 Å². The maximum absolute atomic E-state index is 10.9. The van der Waals surface area contributed by atoms with Gasteiger partial charge in [-0.3, -0.25) is 4.79 Å². The van der Waals surface area contributed by atoms with Crippen LogP contribution >= 0.6 is 11.9 Å². The number of fused-ring (bicyclic) bond motifs is 1. The number of rotatable bonds is 12. The summed E-state index contributed by atoms with van der Waals surface area (Å²) < 4.78 is 2.09. The number of nitrogens with zero attached hydrogens (tertiary/aromatic N) is 1. The second-order valence-corrected chi connectivity index (χ2v) is 12.6. The average Bonchev–Trinajstić information content (AvgIpc) is 3.25. The SMILES string of the molecule is Cc1cc(SN(C)C[C@H](O)CNC(C)(C)CC2Cc3ccccc3C2)ccc1-c1ccc(CC(=O)O)cc1. The minimum absolute atomic E-state index is 0.0296. The van der Waals surface area contributed by atoms with Crippen LogP contribution in [-0.4, -0.2) is 52.3 Å². The van der Waals surface area contributed by atoms with E-state index < -0.39 is 12.1 Å². The zero-order valence-corrected chi connectivity index (χ0v) is 23.7. The van der Waals surface area contributed by atoms with E-state index in [-0.39, 0.29) is 12.0 Å². The van der Waals surface area contributed by atoms with Gasteiger partial charge in [0.25, 0.3) is 0 Å². The molecule has 4 rings (SSSR count). The van der Waals surface area contributed by atoms with Crippen molar-refractivity contribution in [2.45, 2.75) is 63.0 Å². The van der Waals surface area contributed by atoms with Gasteiger partial charge in [0.15, 0.2) is 0 Å². The Labute approximate surface area is 231 Å². The first-order valence-electron chi connectivity index (χ1n) is 13.4. The van der Waals surface area contributed by atoms with E-state index in [0.29, 0.717) is 19.0 Å². The summed E-state index contributed by atoms with van der Waals surface area (Å²) in [6, 6.07) is 22.9. The van der Waals surface area contributed by atoms with E-state index >= 15 is 0 Å². The average molecular weight is 533 g/mol. The topological polar surface area (TPSA) is 72.8 Å². The number of β-amino-alcohol motifs (C(OH)–C–C–N with tert-alkyl or cyclic N) is 1. The maximum Gasteiger partial charge on any atom is 0.307 e. The number of hydrogen-bond acceptors (Lipinski definition) is 5. The number of carboxylic acids is 1. The summed E-state index contributed by atoms with van der Waals surface area (Å²) in [5.74, 6) is -0.168. The summed E-state index contributed by atoms with van der Waals surface area (Å²) >= 11 is 1.63. The molecule has 0 aromatic heterocycles. The molecule has 0 heterocycles. The number of carbonyl (C=O) groups is 1. The molecule has 1 aliphatic carbocycles. The van der Waals surface area contributed by atoms with Gasteiger partial charge in [-0.2, -0.15) is 0 Å². The molecule has 0 radical (unpaired) electrons. The van der Waals surface area contributed by atoms with Gasteiger partial charge in [0.2, 0.25) is 0 Å². The van der Waals surface area contributed by atoms with Crippen molar-refractivity contribution in [3.63, 3.8) is 0 Å². The first kappa shape index (κ1) is 28.4. The molecule has 3 aromatic rings. The first-order valence-corrected chi connectivity index (χ1v) is 14.2. The fourth-order valence-electron chi connectivity index (χ4n) is 5.55. The van der Waals surface area contributed by atoms with Crippen molar-refractivity contribution in [1.29, 1.82) is 0 Å². The molecule has 0 saturated carbocycles. The lowest BCUT2D eigenvalue weighted by molar-refractivity contribution is -0.136. The number of aliphatic hydroxyl groups is 1. The van der Waals surface area contributed by atoms with Gasteiger partial charge in [-0.25, -0.2) is 4.31 Å². The molecule has 0 amide bonds. The molecule has 1 aliphatic rings. The van der Waals surface area contributed by atoms with Crippen LogP contribution in [0.3, 0.4) is 0 Å². The van der Waals surface area contributed by atoms with Crippen LogP contribution in [-0.2, 0) is 24.1 Å². The molecule has 0 spiro atoms. The molecule has 0 aliphatic heterocycles. The fraction of sp³-hybridized carbons (Fsp3) is 0.406. The van der Waals surface area contributed by atoms with Gasteiger partial charge >= 0.3 is 5.97 Å². The van der Waals surface area contributed by atoms with Crippen LogP contribution in [0.25, 0.3) is 11.1 Å². The summed E-state index contributed by atoms with van der Waals surface area (Å²) in [4.78, 5) is 12.0. The summed E-state index contributed by atoms with van der Waals surface area (Å²) in [6.45, 7) is 7.70. The van der Waals surface area contributed by atoms with Crippen LogP contribution < -0.4 is 5.32 Å². The highest BCUT2D eigenvalue weighted by molar-refractivity contribution is 7.97. The zero-order chi connectivity index (χ0) is 27.3. The Morgan fingerprint density at radius 3 is 2.34 bits per heavy atom. The van der Waals surface area contributed by atoms with Crippen LogP contribution in [0.1, 0.15) is 42.5 Å². The van der Waals surface area contributed by atoms with E-state index in [1.807, 2.05) is 31.3 Å². The molecule has 0 bridgehead atoms. The standard InChI is InChI=1S/C32H40N2O3S/c1-22-15-29(13-14-30(22)25-11-9-23(10-12-25)18-31(36)37)38-34(4)21-28(35)20-33-32(2,3)19-24-16-26-7-5-6-8-27(26)17-24/h5-15,24,28,33,35H,16-21H2,1-4H3,(H,36,37)/t28-/m1/s1. The van der Waals surface area contributed by atoms with Crippen molar-refractivity contribution in [2.24, 2.45) is 5.92 Å². The highest BCUT2D eigenvalue weighted by Gasteiger charge is 2.28. The Hall–Kier alpha value is -2.64.